The van der Waals surface area contributed by atoms with Gasteiger partial charge in [0.25, 0.3) is 5.91 Å². The quantitative estimate of drug-likeness (QED) is 0.934. The number of fused-ring (bicyclic) bond motifs is 1. The van der Waals surface area contributed by atoms with Gasteiger partial charge in [-0.05, 0) is 45.4 Å². The summed E-state index contributed by atoms with van der Waals surface area (Å²) < 4.78 is 1.75. The lowest BCUT2D eigenvalue weighted by atomic mass is 10.1. The number of hydrogen-bond acceptors (Lipinski definition) is 3. The summed E-state index contributed by atoms with van der Waals surface area (Å²) in [5.41, 5.74) is 1.55. The largest absolute Gasteiger partial charge is 0.335 e. The molecule has 0 aliphatic carbocycles. The van der Waals surface area contributed by atoms with Gasteiger partial charge in [-0.2, -0.15) is 5.10 Å². The standard InChI is InChI=1S/C16H22N4O/c1-12(2)19(11-13-6-5-8-17-13)16(21)14-10-18-20-9-4-3-7-15(14)20/h3-4,7,9-10,12-13,17H,5-6,8,11H2,1-2H3. The molecule has 2 aromatic rings. The number of pyridine rings is 1. The van der Waals surface area contributed by atoms with E-state index in [2.05, 4.69) is 24.3 Å². The number of nitrogens with zero attached hydrogens (tertiary/aromatic N) is 3. The van der Waals surface area contributed by atoms with Crippen molar-refractivity contribution in [1.82, 2.24) is 19.8 Å². The molecule has 3 heterocycles. The highest BCUT2D eigenvalue weighted by Crippen LogP contribution is 2.17. The Labute approximate surface area is 124 Å². The molecule has 1 N–H and O–H groups in total. The summed E-state index contributed by atoms with van der Waals surface area (Å²) in [6, 6.07) is 6.38. The molecule has 0 bridgehead atoms. The van der Waals surface area contributed by atoms with Crippen LogP contribution in [0, 0.1) is 0 Å². The molecule has 0 spiro atoms. The lowest BCUT2D eigenvalue weighted by Gasteiger charge is -2.29. The zero-order chi connectivity index (χ0) is 14.8. The van der Waals surface area contributed by atoms with Gasteiger partial charge >= 0.3 is 0 Å². The fourth-order valence-corrected chi connectivity index (χ4v) is 2.93. The van der Waals surface area contributed by atoms with Gasteiger partial charge in [0.1, 0.15) is 0 Å². The maximum absolute atomic E-state index is 12.9. The molecule has 2 aromatic heterocycles. The second-order valence-electron chi connectivity index (χ2n) is 5.93. The van der Waals surface area contributed by atoms with E-state index in [9.17, 15) is 4.79 Å². The molecular weight excluding hydrogens is 264 g/mol. The van der Waals surface area contributed by atoms with Gasteiger partial charge in [-0.15, -0.1) is 0 Å². The predicted octanol–water partition coefficient (Wildman–Crippen LogP) is 1.94. The highest BCUT2D eigenvalue weighted by atomic mass is 16.2. The highest BCUT2D eigenvalue weighted by molar-refractivity contribution is 6.00. The monoisotopic (exact) mass is 286 g/mol. The second-order valence-corrected chi connectivity index (χ2v) is 5.93. The average molecular weight is 286 g/mol. The Balaban J connectivity index is 1.86. The van der Waals surface area contributed by atoms with E-state index >= 15 is 0 Å². The van der Waals surface area contributed by atoms with E-state index in [4.69, 9.17) is 0 Å². The van der Waals surface area contributed by atoms with Gasteiger partial charge in [0.05, 0.1) is 17.3 Å². The highest BCUT2D eigenvalue weighted by Gasteiger charge is 2.26. The van der Waals surface area contributed by atoms with Gasteiger partial charge in [-0.3, -0.25) is 4.79 Å². The molecule has 21 heavy (non-hydrogen) atoms. The molecule has 1 fully saturated rings. The summed E-state index contributed by atoms with van der Waals surface area (Å²) in [7, 11) is 0. The van der Waals surface area contributed by atoms with Crippen LogP contribution in [0.2, 0.25) is 0 Å². The van der Waals surface area contributed by atoms with Crippen LogP contribution in [0.1, 0.15) is 37.0 Å². The Morgan fingerprint density at radius 2 is 2.38 bits per heavy atom. The van der Waals surface area contributed by atoms with Crippen molar-refractivity contribution in [2.24, 2.45) is 0 Å². The van der Waals surface area contributed by atoms with E-state index in [0.29, 0.717) is 11.6 Å². The fraction of sp³-hybridized carbons (Fsp3) is 0.500. The number of aromatic nitrogens is 2. The summed E-state index contributed by atoms with van der Waals surface area (Å²) in [6.45, 7) is 5.96. The molecular formula is C16H22N4O. The van der Waals surface area contributed by atoms with Crippen LogP contribution in [0.3, 0.4) is 0 Å². The van der Waals surface area contributed by atoms with Gasteiger partial charge in [-0.1, -0.05) is 6.07 Å². The normalized spacial score (nSPS) is 18.5. The second kappa shape index (κ2) is 5.85. The third-order valence-electron chi connectivity index (χ3n) is 4.12. The lowest BCUT2D eigenvalue weighted by molar-refractivity contribution is 0.0691. The predicted molar refractivity (Wildman–Crippen MR) is 82.4 cm³/mol. The number of amides is 1. The minimum atomic E-state index is 0.0694. The van der Waals surface area contributed by atoms with E-state index in [-0.39, 0.29) is 11.9 Å². The van der Waals surface area contributed by atoms with E-state index < -0.39 is 0 Å². The lowest BCUT2D eigenvalue weighted by Crippen LogP contribution is -2.44. The summed E-state index contributed by atoms with van der Waals surface area (Å²) in [5.74, 6) is 0.0694. The zero-order valence-corrected chi connectivity index (χ0v) is 12.6. The average Bonchev–Trinajstić information content (AvgIpc) is 3.13. The van der Waals surface area contributed by atoms with Gasteiger partial charge < -0.3 is 10.2 Å². The first-order valence-electron chi connectivity index (χ1n) is 7.63. The molecule has 0 radical (unpaired) electrons. The van der Waals surface area contributed by atoms with Crippen LogP contribution >= 0.6 is 0 Å². The van der Waals surface area contributed by atoms with Crippen LogP contribution in [-0.2, 0) is 0 Å². The van der Waals surface area contributed by atoms with Crippen LogP contribution in [0.25, 0.3) is 5.52 Å². The molecule has 112 valence electrons. The van der Waals surface area contributed by atoms with Crippen LogP contribution < -0.4 is 5.32 Å². The maximum atomic E-state index is 12.9. The molecule has 0 aromatic carbocycles. The van der Waals surface area contributed by atoms with Gasteiger partial charge in [-0.25, -0.2) is 4.52 Å². The fourth-order valence-electron chi connectivity index (χ4n) is 2.93. The first-order chi connectivity index (χ1) is 10.2. The van der Waals surface area contributed by atoms with E-state index in [1.807, 2.05) is 29.3 Å². The molecule has 1 unspecified atom stereocenters. The van der Waals surface area contributed by atoms with Crippen molar-refractivity contribution in [3.8, 4) is 0 Å². The van der Waals surface area contributed by atoms with Gasteiger partial charge in [0.15, 0.2) is 0 Å². The van der Waals surface area contributed by atoms with Crippen LogP contribution in [-0.4, -0.2) is 45.6 Å². The molecule has 1 aliphatic heterocycles. The zero-order valence-electron chi connectivity index (χ0n) is 12.6. The number of carbonyl (C=O) groups is 1. The Kier molecular flexibility index (Phi) is 3.92. The maximum Gasteiger partial charge on any atom is 0.257 e. The van der Waals surface area contributed by atoms with Crippen molar-refractivity contribution in [3.63, 3.8) is 0 Å². The molecule has 5 heteroatoms. The SMILES string of the molecule is CC(C)N(CC1CCCN1)C(=O)c1cnn2ccccc12. The summed E-state index contributed by atoms with van der Waals surface area (Å²) in [5, 5.41) is 7.73. The summed E-state index contributed by atoms with van der Waals surface area (Å²) in [4.78, 5) is 14.8. The third kappa shape index (κ3) is 2.78. The van der Waals surface area contributed by atoms with E-state index in [0.717, 1.165) is 25.0 Å². The Bertz CT molecular complexity index is 628. The molecule has 5 nitrogen and oxygen atoms in total. The first kappa shape index (κ1) is 14.1. The van der Waals surface area contributed by atoms with Crippen molar-refractivity contribution in [2.45, 2.75) is 38.8 Å². The Morgan fingerprint density at radius 1 is 1.52 bits per heavy atom. The molecule has 1 amide bonds. The van der Waals surface area contributed by atoms with Crippen molar-refractivity contribution in [2.75, 3.05) is 13.1 Å². The molecule has 0 saturated carbocycles. The minimum Gasteiger partial charge on any atom is -0.335 e. The molecule has 1 saturated heterocycles. The topological polar surface area (TPSA) is 49.6 Å². The van der Waals surface area contributed by atoms with Crippen molar-refractivity contribution in [3.05, 3.63) is 36.2 Å². The summed E-state index contributed by atoms with van der Waals surface area (Å²) in [6.07, 6.45) is 5.88. The van der Waals surface area contributed by atoms with Crippen LogP contribution in [0.15, 0.2) is 30.6 Å². The summed E-state index contributed by atoms with van der Waals surface area (Å²) >= 11 is 0. The van der Waals surface area contributed by atoms with Crippen molar-refractivity contribution < 1.29 is 4.79 Å². The van der Waals surface area contributed by atoms with E-state index in [1.165, 1.54) is 6.42 Å². The molecule has 3 rings (SSSR count). The Morgan fingerprint density at radius 3 is 3.10 bits per heavy atom. The van der Waals surface area contributed by atoms with Crippen LogP contribution in [0.5, 0.6) is 0 Å². The van der Waals surface area contributed by atoms with Gasteiger partial charge in [0, 0.05) is 24.8 Å². The van der Waals surface area contributed by atoms with Crippen molar-refractivity contribution >= 4 is 11.4 Å². The smallest absolute Gasteiger partial charge is 0.257 e. The van der Waals surface area contributed by atoms with Gasteiger partial charge in [0.2, 0.25) is 0 Å². The number of nitrogens with one attached hydrogen (secondary N) is 1. The molecule has 1 aliphatic rings. The van der Waals surface area contributed by atoms with Crippen molar-refractivity contribution in [1.29, 1.82) is 0 Å². The third-order valence-corrected chi connectivity index (χ3v) is 4.12. The Hall–Kier alpha value is -1.88. The van der Waals surface area contributed by atoms with Crippen LogP contribution in [0.4, 0.5) is 0 Å². The first-order valence-corrected chi connectivity index (χ1v) is 7.63. The number of carbonyl (C=O) groups excluding carboxylic acids is 1. The number of rotatable bonds is 4. The minimum absolute atomic E-state index is 0.0694. The molecule has 1 atom stereocenters. The van der Waals surface area contributed by atoms with E-state index in [1.54, 1.807) is 10.7 Å². The number of hydrogen-bond donors (Lipinski definition) is 1.